The average molecular weight is 227 g/mol. The molecular weight excluding hydrogens is 210 g/mol. The molecule has 1 saturated carbocycles. The molecule has 0 saturated heterocycles. The minimum Gasteiger partial charge on any atom is -0.324 e. The molecule has 1 aliphatic carbocycles. The molecule has 0 amide bonds. The fourth-order valence-corrected chi connectivity index (χ4v) is 1.61. The van der Waals surface area contributed by atoms with Crippen molar-refractivity contribution in [2.24, 2.45) is 0 Å². The second-order valence-corrected chi connectivity index (χ2v) is 4.06. The van der Waals surface area contributed by atoms with Crippen LogP contribution in [-0.2, 0) is 0 Å². The lowest BCUT2D eigenvalue weighted by atomic mass is 10.3. The van der Waals surface area contributed by atoms with Crippen molar-refractivity contribution in [1.82, 2.24) is 9.97 Å². The predicted molar refractivity (Wildman–Crippen MR) is 70.7 cm³/mol. The van der Waals surface area contributed by atoms with Crippen molar-refractivity contribution in [3.8, 4) is 0 Å². The Morgan fingerprint density at radius 3 is 3.00 bits per heavy atom. The number of hydrogen-bond donors (Lipinski definition) is 1. The topological polar surface area (TPSA) is 37.8 Å². The molecule has 3 heteroatoms. The van der Waals surface area contributed by atoms with Gasteiger partial charge in [-0.3, -0.25) is 0 Å². The van der Waals surface area contributed by atoms with E-state index in [4.69, 9.17) is 0 Å². The van der Waals surface area contributed by atoms with Crippen LogP contribution in [0.15, 0.2) is 48.8 Å². The van der Waals surface area contributed by atoms with E-state index >= 15 is 0 Å². The van der Waals surface area contributed by atoms with Crippen molar-refractivity contribution in [2.45, 2.75) is 25.7 Å². The van der Waals surface area contributed by atoms with Crippen LogP contribution >= 0.6 is 0 Å². The Balaban J connectivity index is 2.13. The summed E-state index contributed by atoms with van der Waals surface area (Å²) in [5.74, 6) is 1.30. The maximum atomic E-state index is 4.51. The highest BCUT2D eigenvalue weighted by molar-refractivity contribution is 5.41. The molecule has 17 heavy (non-hydrogen) atoms. The Morgan fingerprint density at radius 2 is 2.35 bits per heavy atom. The highest BCUT2D eigenvalue weighted by Crippen LogP contribution is 2.38. The van der Waals surface area contributed by atoms with E-state index < -0.39 is 0 Å². The van der Waals surface area contributed by atoms with Crippen molar-refractivity contribution >= 4 is 5.95 Å². The third kappa shape index (κ3) is 3.28. The summed E-state index contributed by atoms with van der Waals surface area (Å²) in [5.41, 5.74) is 2.08. The zero-order valence-electron chi connectivity index (χ0n) is 10.1. The monoisotopic (exact) mass is 227 g/mol. The third-order valence-electron chi connectivity index (χ3n) is 2.57. The van der Waals surface area contributed by atoms with Gasteiger partial charge in [0.2, 0.25) is 5.95 Å². The van der Waals surface area contributed by atoms with Gasteiger partial charge in [-0.25, -0.2) is 9.97 Å². The zero-order chi connectivity index (χ0) is 12.1. The molecular formula is C14H17N3. The quantitative estimate of drug-likeness (QED) is 0.783. The fraction of sp³-hybridized carbons (Fsp3) is 0.286. The van der Waals surface area contributed by atoms with Crippen molar-refractivity contribution in [3.05, 3.63) is 54.5 Å². The SMILES string of the molecule is C=C/C=C(\C=C/C)Nc1nccc(C2CC2)n1. The van der Waals surface area contributed by atoms with E-state index in [1.54, 1.807) is 6.08 Å². The maximum absolute atomic E-state index is 4.51. The van der Waals surface area contributed by atoms with Crippen molar-refractivity contribution in [2.75, 3.05) is 5.32 Å². The molecule has 2 rings (SSSR count). The van der Waals surface area contributed by atoms with E-state index in [9.17, 15) is 0 Å². The smallest absolute Gasteiger partial charge is 0.227 e. The lowest BCUT2D eigenvalue weighted by Gasteiger charge is -2.06. The highest BCUT2D eigenvalue weighted by Gasteiger charge is 2.25. The van der Waals surface area contributed by atoms with Gasteiger partial charge < -0.3 is 5.32 Å². The molecule has 0 atom stereocenters. The van der Waals surface area contributed by atoms with Crippen molar-refractivity contribution in [3.63, 3.8) is 0 Å². The summed E-state index contributed by atoms with van der Waals surface area (Å²) in [6.07, 6.45) is 11.9. The second-order valence-electron chi connectivity index (χ2n) is 4.06. The third-order valence-corrected chi connectivity index (χ3v) is 2.57. The number of aromatic nitrogens is 2. The van der Waals surface area contributed by atoms with Crippen LogP contribution in [0.25, 0.3) is 0 Å². The van der Waals surface area contributed by atoms with Crippen LogP contribution in [0.4, 0.5) is 5.95 Å². The fourth-order valence-electron chi connectivity index (χ4n) is 1.61. The first-order chi connectivity index (χ1) is 8.33. The summed E-state index contributed by atoms with van der Waals surface area (Å²) < 4.78 is 0. The van der Waals surface area contributed by atoms with Crippen molar-refractivity contribution < 1.29 is 0 Å². The molecule has 0 aliphatic heterocycles. The largest absolute Gasteiger partial charge is 0.324 e. The number of rotatable bonds is 5. The van der Waals surface area contributed by atoms with Gasteiger partial charge in [-0.1, -0.05) is 18.7 Å². The molecule has 3 nitrogen and oxygen atoms in total. The summed E-state index contributed by atoms with van der Waals surface area (Å²) >= 11 is 0. The molecule has 0 radical (unpaired) electrons. The summed E-state index contributed by atoms with van der Waals surface area (Å²) in [4.78, 5) is 8.73. The molecule has 1 aromatic heterocycles. The van der Waals surface area contributed by atoms with Gasteiger partial charge in [0.15, 0.2) is 0 Å². The van der Waals surface area contributed by atoms with Crippen LogP contribution in [0.1, 0.15) is 31.4 Å². The number of anilines is 1. The molecule has 88 valence electrons. The molecule has 1 aliphatic rings. The normalized spacial score (nSPS) is 16.2. The van der Waals surface area contributed by atoms with Crippen LogP contribution in [-0.4, -0.2) is 9.97 Å². The first kappa shape index (κ1) is 11.6. The van der Waals surface area contributed by atoms with Crippen LogP contribution in [0, 0.1) is 0 Å². The van der Waals surface area contributed by atoms with E-state index in [1.165, 1.54) is 12.8 Å². The van der Waals surface area contributed by atoms with E-state index in [0.29, 0.717) is 11.9 Å². The molecule has 1 N–H and O–H groups in total. The number of nitrogens with one attached hydrogen (secondary N) is 1. The van der Waals surface area contributed by atoms with Gasteiger partial charge in [0, 0.05) is 23.5 Å². The van der Waals surface area contributed by atoms with Gasteiger partial charge in [0.05, 0.1) is 0 Å². The predicted octanol–water partition coefficient (Wildman–Crippen LogP) is 3.41. The molecule has 0 spiro atoms. The zero-order valence-corrected chi connectivity index (χ0v) is 10.1. The lowest BCUT2D eigenvalue weighted by Crippen LogP contribution is -2.02. The molecule has 0 aromatic carbocycles. The molecule has 1 fully saturated rings. The minimum atomic E-state index is 0.645. The Bertz CT molecular complexity index is 456. The Kier molecular flexibility index (Phi) is 3.70. The first-order valence-electron chi connectivity index (χ1n) is 5.89. The molecule has 0 unspecified atom stereocenters. The standard InChI is InChI=1S/C14H17N3/c1-3-5-12(6-4-2)16-14-15-10-9-13(17-14)11-7-8-11/h3-6,9-11H,1,7-8H2,2H3,(H,15,16,17)/b6-4-,12-5+. The van der Waals surface area contributed by atoms with E-state index in [0.717, 1.165) is 11.4 Å². The van der Waals surface area contributed by atoms with Gasteiger partial charge in [-0.05, 0) is 38.0 Å². The first-order valence-corrected chi connectivity index (χ1v) is 5.89. The van der Waals surface area contributed by atoms with E-state index in [-0.39, 0.29) is 0 Å². The molecule has 0 bridgehead atoms. The van der Waals surface area contributed by atoms with Crippen LogP contribution in [0.2, 0.25) is 0 Å². The number of hydrogen-bond acceptors (Lipinski definition) is 3. The second kappa shape index (κ2) is 5.43. The number of allylic oxidation sites excluding steroid dienone is 4. The maximum Gasteiger partial charge on any atom is 0.227 e. The van der Waals surface area contributed by atoms with Gasteiger partial charge in [0.25, 0.3) is 0 Å². The van der Waals surface area contributed by atoms with Crippen LogP contribution in [0.5, 0.6) is 0 Å². The summed E-state index contributed by atoms with van der Waals surface area (Å²) in [5, 5.41) is 3.18. The lowest BCUT2D eigenvalue weighted by molar-refractivity contribution is 0.990. The van der Waals surface area contributed by atoms with Gasteiger partial charge in [0.1, 0.15) is 0 Å². The Labute approximate surface area is 102 Å². The van der Waals surface area contributed by atoms with Gasteiger partial charge in [-0.2, -0.15) is 0 Å². The van der Waals surface area contributed by atoms with Crippen LogP contribution in [0.3, 0.4) is 0 Å². The molecule has 1 heterocycles. The number of nitrogens with zero attached hydrogens (tertiary/aromatic N) is 2. The molecule has 1 aromatic rings. The Hall–Kier alpha value is -1.90. The Morgan fingerprint density at radius 1 is 1.53 bits per heavy atom. The van der Waals surface area contributed by atoms with Gasteiger partial charge >= 0.3 is 0 Å². The van der Waals surface area contributed by atoms with E-state index in [2.05, 4.69) is 21.9 Å². The van der Waals surface area contributed by atoms with Crippen molar-refractivity contribution in [1.29, 1.82) is 0 Å². The highest BCUT2D eigenvalue weighted by atomic mass is 15.1. The van der Waals surface area contributed by atoms with Crippen LogP contribution < -0.4 is 5.32 Å². The van der Waals surface area contributed by atoms with E-state index in [1.807, 2.05) is 37.4 Å². The van der Waals surface area contributed by atoms with Gasteiger partial charge in [-0.15, -0.1) is 0 Å². The minimum absolute atomic E-state index is 0.645. The summed E-state index contributed by atoms with van der Waals surface area (Å²) in [6.45, 7) is 5.66. The average Bonchev–Trinajstić information content (AvgIpc) is 3.14. The summed E-state index contributed by atoms with van der Waals surface area (Å²) in [7, 11) is 0. The summed E-state index contributed by atoms with van der Waals surface area (Å²) in [6, 6.07) is 2.00.